The van der Waals surface area contributed by atoms with Gasteiger partial charge in [-0.3, -0.25) is 0 Å². The van der Waals surface area contributed by atoms with Gasteiger partial charge in [-0.25, -0.2) is 9.97 Å². The zero-order valence-electron chi connectivity index (χ0n) is 10.4. The highest BCUT2D eigenvalue weighted by atomic mass is 16.3. The number of benzene rings is 1. The molecule has 1 N–H and O–H groups in total. The Labute approximate surface area is 110 Å². The molecule has 5 nitrogen and oxygen atoms in total. The van der Waals surface area contributed by atoms with Crippen molar-refractivity contribution in [3.05, 3.63) is 66.9 Å². The first kappa shape index (κ1) is 11.5. The second-order valence-corrected chi connectivity index (χ2v) is 4.26. The average Bonchev–Trinajstić information content (AvgIpc) is 3.10. The summed E-state index contributed by atoms with van der Waals surface area (Å²) in [6.07, 6.45) is 8.70. The van der Waals surface area contributed by atoms with Gasteiger partial charge in [0, 0.05) is 24.6 Å². The van der Waals surface area contributed by atoms with Crippen molar-refractivity contribution in [3.8, 4) is 0 Å². The molecule has 0 saturated carbocycles. The summed E-state index contributed by atoms with van der Waals surface area (Å²) in [5, 5.41) is 3.31. The molecule has 2 heterocycles. The van der Waals surface area contributed by atoms with E-state index in [9.17, 15) is 0 Å². The first-order chi connectivity index (χ1) is 9.40. The zero-order chi connectivity index (χ0) is 12.9. The van der Waals surface area contributed by atoms with Crippen molar-refractivity contribution in [1.82, 2.24) is 14.5 Å². The smallest absolute Gasteiger partial charge is 0.180 e. The van der Waals surface area contributed by atoms with Crippen LogP contribution in [-0.2, 0) is 13.1 Å². The van der Waals surface area contributed by atoms with Crippen LogP contribution < -0.4 is 5.32 Å². The summed E-state index contributed by atoms with van der Waals surface area (Å²) in [7, 11) is 0. The standard InChI is InChI=1S/C14H14N4O/c1-2-12(9-18-5-4-15-10-18)6-13(3-1)17-8-14-7-16-11-19-14/h1-7,10-11,17H,8-9H2. The molecule has 1 aromatic carbocycles. The van der Waals surface area contributed by atoms with E-state index < -0.39 is 0 Å². The van der Waals surface area contributed by atoms with E-state index in [0.29, 0.717) is 6.54 Å². The summed E-state index contributed by atoms with van der Waals surface area (Å²) in [6, 6.07) is 8.29. The van der Waals surface area contributed by atoms with Crippen molar-refractivity contribution in [1.29, 1.82) is 0 Å². The van der Waals surface area contributed by atoms with Gasteiger partial charge in [0.2, 0.25) is 0 Å². The normalized spacial score (nSPS) is 10.5. The first-order valence-electron chi connectivity index (χ1n) is 6.06. The number of hydrogen-bond acceptors (Lipinski definition) is 4. The van der Waals surface area contributed by atoms with Crippen molar-refractivity contribution in [2.75, 3.05) is 5.32 Å². The summed E-state index contributed by atoms with van der Waals surface area (Å²) in [5.74, 6) is 0.819. The third-order valence-corrected chi connectivity index (χ3v) is 2.80. The minimum Gasteiger partial charge on any atom is -0.447 e. The number of oxazole rings is 1. The highest BCUT2D eigenvalue weighted by molar-refractivity contribution is 5.45. The summed E-state index contributed by atoms with van der Waals surface area (Å²) in [5.41, 5.74) is 2.29. The molecule has 0 unspecified atom stereocenters. The second-order valence-electron chi connectivity index (χ2n) is 4.26. The Morgan fingerprint density at radius 2 is 2.26 bits per heavy atom. The molecule has 19 heavy (non-hydrogen) atoms. The van der Waals surface area contributed by atoms with Crippen LogP contribution in [0.2, 0.25) is 0 Å². The highest BCUT2D eigenvalue weighted by Gasteiger charge is 1.99. The van der Waals surface area contributed by atoms with E-state index >= 15 is 0 Å². The Bertz CT molecular complexity index is 617. The number of imidazole rings is 1. The largest absolute Gasteiger partial charge is 0.447 e. The van der Waals surface area contributed by atoms with Crippen molar-refractivity contribution >= 4 is 5.69 Å². The first-order valence-corrected chi connectivity index (χ1v) is 6.06. The SMILES string of the molecule is c1cc(Cn2ccnc2)cc(NCc2cnco2)c1. The third kappa shape index (κ3) is 3.01. The maximum absolute atomic E-state index is 5.18. The zero-order valence-corrected chi connectivity index (χ0v) is 10.4. The monoisotopic (exact) mass is 254 g/mol. The predicted octanol–water partition coefficient (Wildman–Crippen LogP) is 2.53. The number of nitrogens with one attached hydrogen (secondary N) is 1. The maximum atomic E-state index is 5.18. The summed E-state index contributed by atoms with van der Waals surface area (Å²) >= 11 is 0. The topological polar surface area (TPSA) is 55.9 Å². The fourth-order valence-electron chi connectivity index (χ4n) is 1.89. The van der Waals surface area contributed by atoms with Crippen LogP contribution in [0.15, 0.2) is 60.0 Å². The summed E-state index contributed by atoms with van der Waals surface area (Å²) < 4.78 is 7.22. The number of nitrogens with zero attached hydrogens (tertiary/aromatic N) is 3. The van der Waals surface area contributed by atoms with Gasteiger partial charge in [0.25, 0.3) is 0 Å². The van der Waals surface area contributed by atoms with Gasteiger partial charge in [0.15, 0.2) is 6.39 Å². The fraction of sp³-hybridized carbons (Fsp3) is 0.143. The minimum absolute atomic E-state index is 0.633. The van der Waals surface area contributed by atoms with Crippen LogP contribution in [-0.4, -0.2) is 14.5 Å². The molecule has 2 aromatic heterocycles. The molecule has 5 heteroatoms. The molecule has 0 aliphatic heterocycles. The molecule has 0 fully saturated rings. The van der Waals surface area contributed by atoms with Gasteiger partial charge in [-0.15, -0.1) is 0 Å². The highest BCUT2D eigenvalue weighted by Crippen LogP contribution is 2.13. The Morgan fingerprint density at radius 3 is 3.05 bits per heavy atom. The third-order valence-electron chi connectivity index (χ3n) is 2.80. The summed E-state index contributed by atoms with van der Waals surface area (Å²) in [6.45, 7) is 1.45. The minimum atomic E-state index is 0.633. The van der Waals surface area contributed by atoms with E-state index in [0.717, 1.165) is 18.0 Å². The molecular formula is C14H14N4O. The fourth-order valence-corrected chi connectivity index (χ4v) is 1.89. The van der Waals surface area contributed by atoms with Crippen LogP contribution in [0.3, 0.4) is 0 Å². The van der Waals surface area contributed by atoms with Gasteiger partial charge < -0.3 is 14.3 Å². The molecular weight excluding hydrogens is 240 g/mol. The number of rotatable bonds is 5. The van der Waals surface area contributed by atoms with Crippen molar-refractivity contribution in [2.24, 2.45) is 0 Å². The Hall–Kier alpha value is -2.56. The molecule has 0 radical (unpaired) electrons. The summed E-state index contributed by atoms with van der Waals surface area (Å²) in [4.78, 5) is 7.92. The molecule has 0 spiro atoms. The molecule has 0 bridgehead atoms. The lowest BCUT2D eigenvalue weighted by atomic mass is 10.2. The second kappa shape index (κ2) is 5.39. The van der Waals surface area contributed by atoms with Crippen molar-refractivity contribution in [3.63, 3.8) is 0 Å². The van der Waals surface area contributed by atoms with Crippen molar-refractivity contribution in [2.45, 2.75) is 13.1 Å². The molecule has 3 rings (SSSR count). The van der Waals surface area contributed by atoms with Crippen LogP contribution in [0, 0.1) is 0 Å². The van der Waals surface area contributed by atoms with Crippen LogP contribution >= 0.6 is 0 Å². The predicted molar refractivity (Wildman–Crippen MR) is 71.6 cm³/mol. The van der Waals surface area contributed by atoms with E-state index in [2.05, 4.69) is 27.4 Å². The van der Waals surface area contributed by atoms with E-state index in [1.807, 2.05) is 29.2 Å². The van der Waals surface area contributed by atoms with E-state index in [1.165, 1.54) is 12.0 Å². The molecule has 0 aliphatic carbocycles. The quantitative estimate of drug-likeness (QED) is 0.760. The van der Waals surface area contributed by atoms with Crippen LogP contribution in [0.1, 0.15) is 11.3 Å². The lowest BCUT2D eigenvalue weighted by molar-refractivity contribution is 0.512. The molecule has 0 amide bonds. The number of aromatic nitrogens is 3. The average molecular weight is 254 g/mol. The van der Waals surface area contributed by atoms with Crippen molar-refractivity contribution < 1.29 is 4.42 Å². The van der Waals surface area contributed by atoms with Gasteiger partial charge >= 0.3 is 0 Å². The molecule has 3 aromatic rings. The van der Waals surface area contributed by atoms with Gasteiger partial charge in [-0.2, -0.15) is 0 Å². The lowest BCUT2D eigenvalue weighted by Gasteiger charge is -2.07. The van der Waals surface area contributed by atoms with Crippen LogP contribution in [0.4, 0.5) is 5.69 Å². The number of hydrogen-bond donors (Lipinski definition) is 1. The van der Waals surface area contributed by atoms with Gasteiger partial charge in [-0.1, -0.05) is 12.1 Å². The number of anilines is 1. The van der Waals surface area contributed by atoms with Crippen LogP contribution in [0.25, 0.3) is 0 Å². The van der Waals surface area contributed by atoms with Gasteiger partial charge in [0.05, 0.1) is 19.1 Å². The molecule has 0 saturated heterocycles. The Balaban J connectivity index is 1.66. The Morgan fingerprint density at radius 1 is 1.26 bits per heavy atom. The lowest BCUT2D eigenvalue weighted by Crippen LogP contribution is -2.00. The molecule has 0 aliphatic rings. The van der Waals surface area contributed by atoms with Gasteiger partial charge in [0.1, 0.15) is 5.76 Å². The molecule has 0 atom stereocenters. The van der Waals surface area contributed by atoms with Crippen LogP contribution in [0.5, 0.6) is 0 Å². The van der Waals surface area contributed by atoms with E-state index in [4.69, 9.17) is 4.42 Å². The molecule has 96 valence electrons. The van der Waals surface area contributed by atoms with E-state index in [-0.39, 0.29) is 0 Å². The van der Waals surface area contributed by atoms with E-state index in [1.54, 1.807) is 12.4 Å². The maximum Gasteiger partial charge on any atom is 0.180 e. The van der Waals surface area contributed by atoms with Gasteiger partial charge in [-0.05, 0) is 17.7 Å². The Kier molecular flexibility index (Phi) is 3.27.